The van der Waals surface area contributed by atoms with Crippen molar-refractivity contribution in [1.82, 2.24) is 10.2 Å². The van der Waals surface area contributed by atoms with Gasteiger partial charge < -0.3 is 10.2 Å². The van der Waals surface area contributed by atoms with Crippen molar-refractivity contribution in [3.05, 3.63) is 0 Å². The topological polar surface area (TPSA) is 15.3 Å². The summed E-state index contributed by atoms with van der Waals surface area (Å²) in [5, 5.41) is 3.40. The molecule has 0 spiro atoms. The van der Waals surface area contributed by atoms with Crippen molar-refractivity contribution in [1.29, 1.82) is 0 Å². The van der Waals surface area contributed by atoms with Crippen LogP contribution in [-0.2, 0) is 0 Å². The predicted molar refractivity (Wildman–Crippen MR) is 76.4 cm³/mol. The zero-order valence-electron chi connectivity index (χ0n) is 12.8. The first-order valence-electron chi connectivity index (χ1n) is 7.29. The molecule has 0 aromatic carbocycles. The van der Waals surface area contributed by atoms with Crippen molar-refractivity contribution >= 4 is 0 Å². The minimum Gasteiger partial charge on any atom is -0.317 e. The highest BCUT2D eigenvalue weighted by Gasteiger charge is 2.37. The maximum absolute atomic E-state index is 3.40. The van der Waals surface area contributed by atoms with Gasteiger partial charge in [-0.25, -0.2) is 0 Å². The van der Waals surface area contributed by atoms with E-state index in [9.17, 15) is 0 Å². The average Bonchev–Trinajstić information content (AvgIpc) is 2.71. The molecule has 17 heavy (non-hydrogen) atoms. The molecule has 102 valence electrons. The predicted octanol–water partition coefficient (Wildman–Crippen LogP) is 3.13. The molecule has 2 nitrogen and oxygen atoms in total. The molecule has 1 aliphatic heterocycles. The minimum atomic E-state index is 0.353. The van der Waals surface area contributed by atoms with E-state index < -0.39 is 0 Å². The molecular weight excluding hydrogens is 208 g/mol. The van der Waals surface area contributed by atoms with Gasteiger partial charge in [0.2, 0.25) is 0 Å². The lowest BCUT2D eigenvalue weighted by atomic mass is 9.81. The Kier molecular flexibility index (Phi) is 5.03. The Balaban J connectivity index is 2.55. The van der Waals surface area contributed by atoms with Crippen LogP contribution in [0.15, 0.2) is 0 Å². The lowest BCUT2D eigenvalue weighted by Gasteiger charge is -2.36. The molecule has 0 radical (unpaired) electrons. The van der Waals surface area contributed by atoms with Gasteiger partial charge in [-0.2, -0.15) is 0 Å². The number of nitrogens with zero attached hydrogens (tertiary/aromatic N) is 1. The molecule has 1 atom stereocenters. The van der Waals surface area contributed by atoms with Crippen LogP contribution in [0.25, 0.3) is 0 Å². The smallest absolute Gasteiger partial charge is 0.00991 e. The van der Waals surface area contributed by atoms with Gasteiger partial charge in [0.05, 0.1) is 0 Å². The van der Waals surface area contributed by atoms with Gasteiger partial charge in [-0.3, -0.25) is 0 Å². The van der Waals surface area contributed by atoms with Crippen LogP contribution in [0.2, 0.25) is 0 Å². The van der Waals surface area contributed by atoms with Crippen molar-refractivity contribution in [2.24, 2.45) is 10.8 Å². The lowest BCUT2D eigenvalue weighted by Crippen LogP contribution is -2.45. The molecule has 1 saturated heterocycles. The first-order chi connectivity index (χ1) is 7.89. The zero-order chi connectivity index (χ0) is 13.1. The summed E-state index contributed by atoms with van der Waals surface area (Å²) < 4.78 is 0. The monoisotopic (exact) mass is 240 g/mol. The summed E-state index contributed by atoms with van der Waals surface area (Å²) in [4.78, 5) is 2.68. The Morgan fingerprint density at radius 3 is 2.29 bits per heavy atom. The summed E-state index contributed by atoms with van der Waals surface area (Å²) in [7, 11) is 2.07. The number of nitrogens with one attached hydrogen (secondary N) is 1. The maximum atomic E-state index is 3.40. The quantitative estimate of drug-likeness (QED) is 0.767. The van der Waals surface area contributed by atoms with E-state index in [0.717, 1.165) is 0 Å². The number of hydrogen-bond donors (Lipinski definition) is 1. The molecule has 0 aliphatic carbocycles. The van der Waals surface area contributed by atoms with Crippen LogP contribution >= 0.6 is 0 Å². The molecule has 0 saturated carbocycles. The van der Waals surface area contributed by atoms with Gasteiger partial charge in [0.1, 0.15) is 0 Å². The van der Waals surface area contributed by atoms with Crippen LogP contribution in [0.4, 0.5) is 0 Å². The van der Waals surface area contributed by atoms with Gasteiger partial charge in [-0.15, -0.1) is 0 Å². The van der Waals surface area contributed by atoms with E-state index in [1.807, 2.05) is 0 Å². The highest BCUT2D eigenvalue weighted by molar-refractivity contribution is 4.91. The summed E-state index contributed by atoms with van der Waals surface area (Å²) in [6.45, 7) is 15.6. The van der Waals surface area contributed by atoms with E-state index in [1.165, 1.54) is 38.9 Å². The van der Waals surface area contributed by atoms with Crippen LogP contribution in [-0.4, -0.2) is 37.6 Å². The number of hydrogen-bond acceptors (Lipinski definition) is 2. The summed E-state index contributed by atoms with van der Waals surface area (Å²) >= 11 is 0. The molecular formula is C15H32N2. The Bertz CT molecular complexity index is 231. The van der Waals surface area contributed by atoms with Gasteiger partial charge in [-0.1, -0.05) is 27.7 Å². The zero-order valence-corrected chi connectivity index (χ0v) is 12.8. The molecule has 1 rings (SSSR count). The fraction of sp³-hybridized carbons (Fsp3) is 1.00. The largest absolute Gasteiger partial charge is 0.317 e. The van der Waals surface area contributed by atoms with Crippen LogP contribution in [0.3, 0.4) is 0 Å². The molecule has 0 aromatic heterocycles. The number of likely N-dealkylation sites (tertiary alicyclic amines) is 1. The van der Waals surface area contributed by atoms with E-state index in [0.29, 0.717) is 16.9 Å². The molecule has 1 heterocycles. The molecule has 0 bridgehead atoms. The maximum Gasteiger partial charge on any atom is 0.00991 e. The fourth-order valence-electron chi connectivity index (χ4n) is 3.09. The third-order valence-electron chi connectivity index (χ3n) is 5.25. The summed E-state index contributed by atoms with van der Waals surface area (Å²) in [6, 6.07) is 0.570. The molecule has 1 fully saturated rings. The molecule has 2 heteroatoms. The second kappa shape index (κ2) is 5.71. The molecule has 0 aromatic rings. The van der Waals surface area contributed by atoms with Crippen molar-refractivity contribution in [2.75, 3.05) is 26.7 Å². The van der Waals surface area contributed by atoms with E-state index in [2.05, 4.69) is 51.9 Å². The standard InChI is InChI=1S/C15H32N2/c1-7-15(8-2)9-10-17(12-15)11-14(4,5)13(3)16-6/h13,16H,7-12H2,1-6H3. The minimum absolute atomic E-state index is 0.353. The number of rotatable bonds is 6. The summed E-state index contributed by atoms with van der Waals surface area (Å²) in [5.41, 5.74) is 0.964. The average molecular weight is 240 g/mol. The molecule has 1 unspecified atom stereocenters. The van der Waals surface area contributed by atoms with Crippen molar-refractivity contribution in [3.63, 3.8) is 0 Å². The van der Waals surface area contributed by atoms with Gasteiger partial charge >= 0.3 is 0 Å². The Morgan fingerprint density at radius 2 is 1.88 bits per heavy atom. The van der Waals surface area contributed by atoms with E-state index >= 15 is 0 Å². The summed E-state index contributed by atoms with van der Waals surface area (Å²) in [5.74, 6) is 0. The second-order valence-electron chi connectivity index (χ2n) is 6.67. The third-order valence-corrected chi connectivity index (χ3v) is 5.25. The Morgan fingerprint density at radius 1 is 1.29 bits per heavy atom. The van der Waals surface area contributed by atoms with Crippen molar-refractivity contribution in [3.8, 4) is 0 Å². The van der Waals surface area contributed by atoms with Crippen LogP contribution in [0, 0.1) is 10.8 Å². The van der Waals surface area contributed by atoms with Crippen LogP contribution < -0.4 is 5.32 Å². The Hall–Kier alpha value is -0.0800. The van der Waals surface area contributed by atoms with E-state index in [4.69, 9.17) is 0 Å². The van der Waals surface area contributed by atoms with Gasteiger partial charge in [0, 0.05) is 19.1 Å². The third kappa shape index (κ3) is 3.45. The summed E-state index contributed by atoms with van der Waals surface area (Å²) in [6.07, 6.45) is 4.06. The van der Waals surface area contributed by atoms with Crippen LogP contribution in [0.1, 0.15) is 53.9 Å². The molecule has 1 N–H and O–H groups in total. The van der Waals surface area contributed by atoms with Gasteiger partial charge in [0.25, 0.3) is 0 Å². The fourth-order valence-corrected chi connectivity index (χ4v) is 3.09. The van der Waals surface area contributed by atoms with Gasteiger partial charge in [-0.05, 0) is 50.6 Å². The first-order valence-corrected chi connectivity index (χ1v) is 7.29. The lowest BCUT2D eigenvalue weighted by molar-refractivity contribution is 0.150. The van der Waals surface area contributed by atoms with E-state index in [1.54, 1.807) is 0 Å². The van der Waals surface area contributed by atoms with Crippen molar-refractivity contribution < 1.29 is 0 Å². The molecule has 1 aliphatic rings. The van der Waals surface area contributed by atoms with E-state index in [-0.39, 0.29) is 0 Å². The SMILES string of the molecule is CCC1(CC)CCN(CC(C)(C)C(C)NC)C1. The van der Waals surface area contributed by atoms with Crippen LogP contribution in [0.5, 0.6) is 0 Å². The molecule has 0 amide bonds. The Labute approximate surface area is 108 Å². The van der Waals surface area contributed by atoms with Gasteiger partial charge in [0.15, 0.2) is 0 Å². The normalized spacial score (nSPS) is 22.9. The van der Waals surface area contributed by atoms with Crippen molar-refractivity contribution in [2.45, 2.75) is 59.9 Å². The highest BCUT2D eigenvalue weighted by Crippen LogP contribution is 2.38. The first kappa shape index (κ1) is 15.0. The highest BCUT2D eigenvalue weighted by atomic mass is 15.2. The second-order valence-corrected chi connectivity index (χ2v) is 6.67.